The number of nitrogens with one attached hydrogen (secondary N) is 1. The molecule has 0 radical (unpaired) electrons. The van der Waals surface area contributed by atoms with Gasteiger partial charge in [-0.2, -0.15) is 0 Å². The number of hydrogen-bond acceptors (Lipinski definition) is 7. The first-order valence-corrected chi connectivity index (χ1v) is 10.9. The van der Waals surface area contributed by atoms with Crippen LogP contribution in [0.25, 0.3) is 10.2 Å². The second kappa shape index (κ2) is 9.45. The van der Waals surface area contributed by atoms with Crippen molar-refractivity contribution >= 4 is 38.8 Å². The molecular weight excluding hydrogens is 442 g/mol. The molecule has 0 fully saturated rings. The molecule has 0 aliphatic rings. The maximum absolute atomic E-state index is 13.1. The summed E-state index contributed by atoms with van der Waals surface area (Å²) < 4.78 is 5.36. The topological polar surface area (TPSA) is 115 Å². The molecule has 0 aliphatic carbocycles. The fourth-order valence-electron chi connectivity index (χ4n) is 3.62. The molecule has 0 saturated heterocycles. The number of rotatable bonds is 7. The van der Waals surface area contributed by atoms with E-state index in [4.69, 9.17) is 4.74 Å². The fourth-order valence-corrected chi connectivity index (χ4v) is 4.86. The number of aliphatic hydroxyl groups excluding tert-OH is 1. The van der Waals surface area contributed by atoms with Crippen LogP contribution in [0.1, 0.15) is 38.2 Å². The summed E-state index contributed by atoms with van der Waals surface area (Å²) in [6.45, 7) is 2.18. The van der Waals surface area contributed by atoms with Crippen LogP contribution in [0.15, 0.2) is 60.7 Å². The maximum atomic E-state index is 13.1. The number of non-ortho nitro benzene ring substituents is 1. The highest BCUT2D eigenvalue weighted by molar-refractivity contribution is 7.19. The number of nitrogens with zero attached hydrogens (tertiary/aromatic N) is 2. The summed E-state index contributed by atoms with van der Waals surface area (Å²) in [6.07, 6.45) is -0.978. The van der Waals surface area contributed by atoms with Gasteiger partial charge in [-0.05, 0) is 36.2 Å². The van der Waals surface area contributed by atoms with Crippen LogP contribution in [0.5, 0.6) is 0 Å². The molecule has 1 unspecified atom stereocenters. The molecule has 168 valence electrons. The number of carbonyl (C=O) groups is 1. The minimum absolute atomic E-state index is 0.102. The average molecular weight is 464 g/mol. The van der Waals surface area contributed by atoms with Gasteiger partial charge in [-0.3, -0.25) is 14.9 Å². The van der Waals surface area contributed by atoms with Crippen molar-refractivity contribution in [3.8, 4) is 0 Å². The molecule has 0 saturated carbocycles. The highest BCUT2D eigenvalue weighted by atomic mass is 32.1. The molecule has 0 bridgehead atoms. The normalized spacial score (nSPS) is 12.0. The third-order valence-electron chi connectivity index (χ3n) is 5.14. The van der Waals surface area contributed by atoms with Crippen molar-refractivity contribution in [3.05, 3.63) is 98.0 Å². The van der Waals surface area contributed by atoms with Crippen LogP contribution >= 0.6 is 11.3 Å². The number of anilines is 1. The molecule has 2 heterocycles. The number of benzene rings is 2. The van der Waals surface area contributed by atoms with Crippen LogP contribution in [0.3, 0.4) is 0 Å². The molecule has 9 heteroatoms. The van der Waals surface area contributed by atoms with Gasteiger partial charge in [-0.1, -0.05) is 30.3 Å². The first-order chi connectivity index (χ1) is 15.9. The molecule has 1 amide bonds. The summed E-state index contributed by atoms with van der Waals surface area (Å²) in [7, 11) is 1.59. The lowest BCUT2D eigenvalue weighted by atomic mass is 10.0. The number of fused-ring (bicyclic) bond motifs is 1. The predicted octanol–water partition coefficient (Wildman–Crippen LogP) is 4.99. The summed E-state index contributed by atoms with van der Waals surface area (Å²) in [5.41, 5.74) is 2.92. The lowest BCUT2D eigenvalue weighted by Gasteiger charge is -2.14. The average Bonchev–Trinajstić information content (AvgIpc) is 3.17. The van der Waals surface area contributed by atoms with E-state index in [0.29, 0.717) is 33.0 Å². The van der Waals surface area contributed by atoms with Gasteiger partial charge in [0.2, 0.25) is 0 Å². The summed E-state index contributed by atoms with van der Waals surface area (Å²) in [5, 5.41) is 25.7. The monoisotopic (exact) mass is 463 g/mol. The molecule has 0 aliphatic heterocycles. The zero-order valence-electron chi connectivity index (χ0n) is 17.9. The van der Waals surface area contributed by atoms with E-state index in [1.54, 1.807) is 7.11 Å². The molecule has 4 rings (SSSR count). The van der Waals surface area contributed by atoms with E-state index in [-0.39, 0.29) is 11.3 Å². The van der Waals surface area contributed by atoms with Crippen LogP contribution in [0.4, 0.5) is 11.4 Å². The number of pyridine rings is 1. The zero-order valence-corrected chi connectivity index (χ0v) is 18.8. The lowest BCUT2D eigenvalue weighted by Crippen LogP contribution is -2.14. The van der Waals surface area contributed by atoms with Gasteiger partial charge < -0.3 is 15.2 Å². The van der Waals surface area contributed by atoms with Crippen molar-refractivity contribution < 1.29 is 19.6 Å². The lowest BCUT2D eigenvalue weighted by molar-refractivity contribution is -0.384. The number of nitro groups is 1. The smallest absolute Gasteiger partial charge is 0.269 e. The van der Waals surface area contributed by atoms with Gasteiger partial charge in [0.05, 0.1) is 22.1 Å². The van der Waals surface area contributed by atoms with E-state index in [0.717, 1.165) is 11.3 Å². The van der Waals surface area contributed by atoms with E-state index in [2.05, 4.69) is 10.3 Å². The number of carbonyl (C=O) groups excluding carboxylic acids is 1. The molecular formula is C24H21N3O5S. The number of nitro benzene ring substituents is 1. The molecule has 2 aromatic heterocycles. The number of aliphatic hydroxyl groups is 1. The van der Waals surface area contributed by atoms with Gasteiger partial charge in [0.25, 0.3) is 11.6 Å². The van der Waals surface area contributed by atoms with Crippen molar-refractivity contribution in [3.63, 3.8) is 0 Å². The van der Waals surface area contributed by atoms with Crippen LogP contribution in [-0.4, -0.2) is 28.0 Å². The summed E-state index contributed by atoms with van der Waals surface area (Å²) >= 11 is 1.30. The Hall–Kier alpha value is -3.66. The predicted molar refractivity (Wildman–Crippen MR) is 127 cm³/mol. The minimum atomic E-state index is -0.978. The zero-order chi connectivity index (χ0) is 23.5. The quantitative estimate of drug-likeness (QED) is 0.295. The molecule has 2 aromatic carbocycles. The van der Waals surface area contributed by atoms with Crippen molar-refractivity contribution in [1.29, 1.82) is 0 Å². The van der Waals surface area contributed by atoms with Gasteiger partial charge in [0.15, 0.2) is 0 Å². The number of thiophene rings is 1. The van der Waals surface area contributed by atoms with Crippen molar-refractivity contribution in [2.75, 3.05) is 12.4 Å². The Morgan fingerprint density at radius 3 is 2.55 bits per heavy atom. The molecule has 4 aromatic rings. The fraction of sp³-hybridized carbons (Fsp3) is 0.167. The van der Waals surface area contributed by atoms with Crippen LogP contribution in [0.2, 0.25) is 0 Å². The van der Waals surface area contributed by atoms with E-state index in [9.17, 15) is 20.0 Å². The van der Waals surface area contributed by atoms with Crippen LogP contribution < -0.4 is 5.32 Å². The molecule has 0 spiro atoms. The number of hydrogen-bond donors (Lipinski definition) is 2. The highest BCUT2D eigenvalue weighted by Gasteiger charge is 2.25. The van der Waals surface area contributed by atoms with Crippen LogP contribution in [0, 0.1) is 17.0 Å². The van der Waals surface area contributed by atoms with Crippen molar-refractivity contribution in [2.24, 2.45) is 0 Å². The largest absolute Gasteiger partial charge is 0.383 e. The second-order valence-electron chi connectivity index (χ2n) is 7.45. The number of ether oxygens (including phenoxy) is 1. The van der Waals surface area contributed by atoms with Crippen molar-refractivity contribution in [2.45, 2.75) is 19.6 Å². The Balaban J connectivity index is 1.83. The summed E-state index contributed by atoms with van der Waals surface area (Å²) in [4.78, 5) is 29.3. The highest BCUT2D eigenvalue weighted by Crippen LogP contribution is 2.43. The Bertz CT molecular complexity index is 1320. The third kappa shape index (κ3) is 4.61. The first kappa shape index (κ1) is 22.5. The first-order valence-electron chi connectivity index (χ1n) is 10.1. The van der Waals surface area contributed by atoms with Gasteiger partial charge in [0, 0.05) is 35.9 Å². The molecule has 1 atom stereocenters. The number of methoxy groups -OCH3 is 1. The number of aromatic nitrogens is 1. The number of amides is 1. The molecule has 8 nitrogen and oxygen atoms in total. The molecule has 33 heavy (non-hydrogen) atoms. The third-order valence-corrected chi connectivity index (χ3v) is 6.28. The van der Waals surface area contributed by atoms with Crippen LogP contribution in [-0.2, 0) is 11.3 Å². The van der Waals surface area contributed by atoms with Gasteiger partial charge in [-0.15, -0.1) is 11.3 Å². The Morgan fingerprint density at radius 2 is 1.91 bits per heavy atom. The summed E-state index contributed by atoms with van der Waals surface area (Å²) in [5.74, 6) is -0.449. The number of aryl methyl sites for hydroxylation is 1. The Kier molecular flexibility index (Phi) is 6.45. The summed E-state index contributed by atoms with van der Waals surface area (Å²) in [6, 6.07) is 16.4. The van der Waals surface area contributed by atoms with E-state index >= 15 is 0 Å². The van der Waals surface area contributed by atoms with Gasteiger partial charge in [-0.25, -0.2) is 4.98 Å². The Morgan fingerprint density at radius 1 is 1.21 bits per heavy atom. The van der Waals surface area contributed by atoms with Gasteiger partial charge in [0.1, 0.15) is 10.9 Å². The maximum Gasteiger partial charge on any atom is 0.269 e. The van der Waals surface area contributed by atoms with Gasteiger partial charge >= 0.3 is 0 Å². The standard InChI is InChI=1S/C24H21N3O5S/c1-14-12-17(13-32-2)19-20(26-23(29)16-8-10-18(11-9-16)27(30)31)22(33-24(19)25-14)21(28)15-6-4-3-5-7-15/h3-12,21,28H,13H2,1-2H3,(H,26,29). The minimum Gasteiger partial charge on any atom is -0.383 e. The van der Waals surface area contributed by atoms with E-state index in [1.165, 1.54) is 35.6 Å². The second-order valence-corrected chi connectivity index (χ2v) is 8.48. The van der Waals surface area contributed by atoms with E-state index in [1.807, 2.05) is 43.3 Å². The van der Waals surface area contributed by atoms with Crippen molar-refractivity contribution in [1.82, 2.24) is 4.98 Å². The molecule has 2 N–H and O–H groups in total. The Labute approximate surface area is 193 Å². The SMILES string of the molecule is COCc1cc(C)nc2sc(C(O)c3ccccc3)c(NC(=O)c3ccc([N+](=O)[O-])cc3)c12. The van der Waals surface area contributed by atoms with E-state index < -0.39 is 16.9 Å².